The van der Waals surface area contributed by atoms with Crippen molar-refractivity contribution in [3.8, 4) is 0 Å². The number of alkyl carbamates (subject to hydrolysis) is 1. The third-order valence-electron chi connectivity index (χ3n) is 1.95. The summed E-state index contributed by atoms with van der Waals surface area (Å²) in [5.41, 5.74) is -3.01. The average molecular weight is 247 g/mol. The van der Waals surface area contributed by atoms with Crippen molar-refractivity contribution >= 4 is 12.1 Å². The molecule has 0 saturated carbocycles. The number of carbonyl (C=O) groups is 2. The summed E-state index contributed by atoms with van der Waals surface area (Å²) in [6.45, 7) is 6.81. The summed E-state index contributed by atoms with van der Waals surface area (Å²) in [5, 5.41) is 20.6. The number of carboxylic acids is 1. The van der Waals surface area contributed by atoms with E-state index in [2.05, 4.69) is 0 Å². The van der Waals surface area contributed by atoms with Gasteiger partial charge in [0.1, 0.15) is 5.60 Å². The summed E-state index contributed by atoms with van der Waals surface area (Å²) in [5.74, 6) is -1.49. The van der Waals surface area contributed by atoms with Crippen LogP contribution < -0.4 is 5.32 Å². The quantitative estimate of drug-likeness (QED) is 0.639. The van der Waals surface area contributed by atoms with Crippen molar-refractivity contribution in [1.82, 2.24) is 5.32 Å². The molecule has 0 spiro atoms. The first kappa shape index (κ1) is 15.7. The molecule has 3 N–H and O–H groups in total. The van der Waals surface area contributed by atoms with Crippen molar-refractivity contribution in [2.45, 2.75) is 58.3 Å². The molecule has 0 radical (unpaired) electrons. The predicted octanol–water partition coefficient (Wildman–Crippen LogP) is 1.47. The molecule has 0 aromatic carbocycles. The molecule has 100 valence electrons. The van der Waals surface area contributed by atoms with Crippen LogP contribution in [0.15, 0.2) is 0 Å². The van der Waals surface area contributed by atoms with Crippen molar-refractivity contribution in [3.05, 3.63) is 0 Å². The van der Waals surface area contributed by atoms with Gasteiger partial charge in [-0.25, -0.2) is 9.59 Å². The van der Waals surface area contributed by atoms with Crippen LogP contribution in [-0.2, 0) is 9.53 Å². The Morgan fingerprint density at radius 3 is 2.18 bits per heavy atom. The number of carbonyl (C=O) groups excluding carboxylic acids is 1. The Bertz CT molecular complexity index is 284. The fraction of sp³-hybridized carbons (Fsp3) is 0.818. The van der Waals surface area contributed by atoms with Crippen molar-refractivity contribution in [1.29, 1.82) is 0 Å². The highest BCUT2D eigenvalue weighted by Gasteiger charge is 2.38. The van der Waals surface area contributed by atoms with Crippen molar-refractivity contribution in [2.24, 2.45) is 0 Å². The molecule has 0 aliphatic heterocycles. The van der Waals surface area contributed by atoms with E-state index in [1.165, 1.54) is 0 Å². The summed E-state index contributed by atoms with van der Waals surface area (Å²) in [4.78, 5) is 22.3. The molecule has 0 aromatic heterocycles. The van der Waals surface area contributed by atoms with E-state index in [1.54, 1.807) is 20.8 Å². The molecule has 0 fully saturated rings. The summed E-state index contributed by atoms with van der Waals surface area (Å²) in [6.07, 6.45) is 0.195. The van der Waals surface area contributed by atoms with Crippen LogP contribution in [0, 0.1) is 0 Å². The van der Waals surface area contributed by atoms with Gasteiger partial charge >= 0.3 is 12.1 Å². The Labute approximate surface area is 101 Å². The standard InChI is InChI=1S/C11H21NO5/c1-5-6-7-11(16,8(13)14)12-9(15)17-10(2,3)4/h16H,5-7H2,1-4H3,(H,12,15)(H,13,14). The predicted molar refractivity (Wildman–Crippen MR) is 61.5 cm³/mol. The lowest BCUT2D eigenvalue weighted by molar-refractivity contribution is -0.163. The van der Waals surface area contributed by atoms with E-state index >= 15 is 0 Å². The summed E-state index contributed by atoms with van der Waals surface area (Å²) in [6, 6.07) is 0. The Morgan fingerprint density at radius 1 is 1.29 bits per heavy atom. The van der Waals surface area contributed by atoms with E-state index in [9.17, 15) is 14.7 Å². The number of ether oxygens (including phenoxy) is 1. The second-order valence-corrected chi connectivity index (χ2v) is 4.90. The fourth-order valence-corrected chi connectivity index (χ4v) is 1.13. The second kappa shape index (κ2) is 5.86. The van der Waals surface area contributed by atoms with Gasteiger partial charge in [0.05, 0.1) is 0 Å². The van der Waals surface area contributed by atoms with Crippen LogP contribution in [0.25, 0.3) is 0 Å². The molecule has 6 nitrogen and oxygen atoms in total. The molecule has 0 rings (SSSR count). The minimum absolute atomic E-state index is 0.0575. The minimum Gasteiger partial charge on any atom is -0.478 e. The minimum atomic E-state index is -2.27. The monoisotopic (exact) mass is 247 g/mol. The lowest BCUT2D eigenvalue weighted by Crippen LogP contribution is -2.55. The average Bonchev–Trinajstić information content (AvgIpc) is 2.11. The highest BCUT2D eigenvalue weighted by molar-refractivity contribution is 5.82. The highest BCUT2D eigenvalue weighted by Crippen LogP contribution is 2.14. The molecule has 1 unspecified atom stereocenters. The summed E-state index contributed by atoms with van der Waals surface area (Å²) in [7, 11) is 0. The number of hydrogen-bond acceptors (Lipinski definition) is 4. The van der Waals surface area contributed by atoms with Gasteiger partial charge < -0.3 is 14.9 Å². The van der Waals surface area contributed by atoms with Gasteiger partial charge in [0, 0.05) is 6.42 Å². The molecular weight excluding hydrogens is 226 g/mol. The number of aliphatic carboxylic acids is 1. The van der Waals surface area contributed by atoms with Crippen LogP contribution >= 0.6 is 0 Å². The number of hydrogen-bond donors (Lipinski definition) is 3. The Hall–Kier alpha value is -1.30. The van der Waals surface area contributed by atoms with Crippen LogP contribution in [0.1, 0.15) is 47.0 Å². The number of rotatable bonds is 5. The third-order valence-corrected chi connectivity index (χ3v) is 1.95. The van der Waals surface area contributed by atoms with Crippen LogP contribution in [0.2, 0.25) is 0 Å². The zero-order chi connectivity index (χ0) is 13.7. The molecule has 6 heteroatoms. The molecule has 0 aliphatic carbocycles. The summed E-state index contributed by atoms with van der Waals surface area (Å²) < 4.78 is 4.89. The van der Waals surface area contributed by atoms with Crippen LogP contribution in [-0.4, -0.2) is 33.6 Å². The van der Waals surface area contributed by atoms with Crippen molar-refractivity contribution in [2.75, 3.05) is 0 Å². The number of amides is 1. The molecule has 0 saturated heterocycles. The van der Waals surface area contributed by atoms with Gasteiger partial charge in [0.25, 0.3) is 0 Å². The second-order valence-electron chi connectivity index (χ2n) is 4.90. The molecule has 17 heavy (non-hydrogen) atoms. The van der Waals surface area contributed by atoms with E-state index in [1.807, 2.05) is 12.2 Å². The van der Waals surface area contributed by atoms with Crippen molar-refractivity contribution < 1.29 is 24.5 Å². The van der Waals surface area contributed by atoms with Gasteiger partial charge in [-0.2, -0.15) is 0 Å². The lowest BCUT2D eigenvalue weighted by atomic mass is 10.1. The van der Waals surface area contributed by atoms with E-state index in [0.717, 1.165) is 0 Å². The Balaban J connectivity index is 4.55. The topological polar surface area (TPSA) is 95.9 Å². The molecular formula is C11H21NO5. The number of aliphatic hydroxyl groups is 1. The molecule has 0 aromatic rings. The zero-order valence-corrected chi connectivity index (χ0v) is 10.7. The van der Waals surface area contributed by atoms with Crippen LogP contribution in [0.3, 0.4) is 0 Å². The number of nitrogens with one attached hydrogen (secondary N) is 1. The summed E-state index contributed by atoms with van der Waals surface area (Å²) >= 11 is 0. The molecule has 0 heterocycles. The van der Waals surface area contributed by atoms with E-state index in [4.69, 9.17) is 9.84 Å². The highest BCUT2D eigenvalue weighted by atomic mass is 16.6. The third kappa shape index (κ3) is 6.11. The Morgan fingerprint density at radius 2 is 1.82 bits per heavy atom. The van der Waals surface area contributed by atoms with Gasteiger partial charge in [0.2, 0.25) is 5.72 Å². The maximum atomic E-state index is 11.4. The normalized spacial score (nSPS) is 14.9. The first-order valence-corrected chi connectivity index (χ1v) is 5.57. The molecule has 0 bridgehead atoms. The lowest BCUT2D eigenvalue weighted by Gasteiger charge is -2.27. The maximum absolute atomic E-state index is 11.4. The van der Waals surface area contributed by atoms with Crippen molar-refractivity contribution in [3.63, 3.8) is 0 Å². The van der Waals surface area contributed by atoms with E-state index in [-0.39, 0.29) is 6.42 Å². The smallest absolute Gasteiger partial charge is 0.410 e. The SMILES string of the molecule is CCCCC(O)(NC(=O)OC(C)(C)C)C(=O)O. The Kier molecular flexibility index (Phi) is 5.41. The molecule has 0 aliphatic rings. The van der Waals surface area contributed by atoms with Gasteiger partial charge in [-0.3, -0.25) is 5.32 Å². The van der Waals surface area contributed by atoms with Gasteiger partial charge in [-0.15, -0.1) is 0 Å². The van der Waals surface area contributed by atoms with Crippen LogP contribution in [0.5, 0.6) is 0 Å². The van der Waals surface area contributed by atoms with Crippen LogP contribution in [0.4, 0.5) is 4.79 Å². The first-order chi connectivity index (χ1) is 7.60. The maximum Gasteiger partial charge on any atom is 0.410 e. The number of unbranched alkanes of at least 4 members (excludes halogenated alkanes) is 1. The van der Waals surface area contributed by atoms with Gasteiger partial charge in [0.15, 0.2) is 0 Å². The zero-order valence-electron chi connectivity index (χ0n) is 10.7. The van der Waals surface area contributed by atoms with E-state index in [0.29, 0.717) is 12.8 Å². The van der Waals surface area contributed by atoms with Gasteiger partial charge in [-0.1, -0.05) is 13.3 Å². The van der Waals surface area contributed by atoms with E-state index < -0.39 is 23.4 Å². The molecule has 1 amide bonds. The fourth-order valence-electron chi connectivity index (χ4n) is 1.13. The first-order valence-electron chi connectivity index (χ1n) is 5.57. The van der Waals surface area contributed by atoms with Gasteiger partial charge in [-0.05, 0) is 27.2 Å². The number of carboxylic acid groups (broad SMARTS) is 1. The molecule has 1 atom stereocenters. The largest absolute Gasteiger partial charge is 0.478 e.